The Hall–Kier alpha value is -2.83. The number of nitrogens with one attached hydrogen (secondary N) is 2. The van der Waals surface area contributed by atoms with Gasteiger partial charge in [0.1, 0.15) is 0 Å². The Kier molecular flexibility index (Phi) is 6.82. The van der Waals surface area contributed by atoms with Crippen LogP contribution in [0.3, 0.4) is 0 Å². The van der Waals surface area contributed by atoms with E-state index in [0.29, 0.717) is 21.1 Å². The number of carbonyl (C=O) groups excluding carboxylic acids is 3. The summed E-state index contributed by atoms with van der Waals surface area (Å²) in [6, 6.07) is 7.65. The van der Waals surface area contributed by atoms with Crippen LogP contribution in [0.2, 0.25) is 0 Å². The van der Waals surface area contributed by atoms with Crippen molar-refractivity contribution in [2.75, 3.05) is 27.8 Å². The largest absolute Gasteiger partial charge is 0.312 e. The average molecular weight is 489 g/mol. The molecule has 3 aromatic rings. The van der Waals surface area contributed by atoms with Gasteiger partial charge in [0.2, 0.25) is 22.9 Å². The molecule has 1 aliphatic heterocycles. The summed E-state index contributed by atoms with van der Waals surface area (Å²) in [4.78, 5) is 42.9. The van der Waals surface area contributed by atoms with Gasteiger partial charge in [0.15, 0.2) is 9.47 Å². The lowest BCUT2D eigenvalue weighted by atomic mass is 10.1. The van der Waals surface area contributed by atoms with E-state index >= 15 is 0 Å². The molecule has 12 heteroatoms. The third-order valence-corrected chi connectivity index (χ3v) is 7.49. The minimum absolute atomic E-state index is 0.0781. The van der Waals surface area contributed by atoms with E-state index < -0.39 is 5.92 Å². The number of rotatable bonds is 7. The summed E-state index contributed by atoms with van der Waals surface area (Å²) < 4.78 is 0.564. The normalized spacial score (nSPS) is 15.8. The van der Waals surface area contributed by atoms with Gasteiger partial charge in [-0.25, -0.2) is 4.98 Å². The van der Waals surface area contributed by atoms with Gasteiger partial charge in [0.05, 0.1) is 17.4 Å². The standard InChI is InChI=1S/C20H20N6O3S3/c1-11-4-3-5-14(6-11)26-8-13(7-16(26)28)17(29)23-19-24-25-20(32-19)31-10-15(27)22-18-21-12(2)9-30-18/h3-6,9,13H,7-8,10H2,1-2H3,(H,21,22,27)(H,23,24,29)/t13-/m1/s1. The zero-order valence-electron chi connectivity index (χ0n) is 17.3. The Morgan fingerprint density at radius 1 is 1.22 bits per heavy atom. The van der Waals surface area contributed by atoms with Gasteiger partial charge in [0.25, 0.3) is 0 Å². The van der Waals surface area contributed by atoms with E-state index in [1.54, 1.807) is 4.90 Å². The fourth-order valence-electron chi connectivity index (χ4n) is 3.15. The van der Waals surface area contributed by atoms with E-state index in [2.05, 4.69) is 25.8 Å². The van der Waals surface area contributed by atoms with Gasteiger partial charge in [-0.3, -0.25) is 14.4 Å². The second kappa shape index (κ2) is 9.76. The lowest BCUT2D eigenvalue weighted by Gasteiger charge is -2.17. The van der Waals surface area contributed by atoms with Crippen molar-refractivity contribution >= 4 is 68.1 Å². The van der Waals surface area contributed by atoms with Gasteiger partial charge >= 0.3 is 0 Å². The number of thioether (sulfide) groups is 1. The highest BCUT2D eigenvalue weighted by Gasteiger charge is 2.35. The van der Waals surface area contributed by atoms with E-state index in [0.717, 1.165) is 16.9 Å². The Labute approximate surface area is 196 Å². The summed E-state index contributed by atoms with van der Waals surface area (Å²) in [5.41, 5.74) is 2.71. The van der Waals surface area contributed by atoms with Crippen LogP contribution in [0.5, 0.6) is 0 Å². The molecule has 3 heterocycles. The van der Waals surface area contributed by atoms with E-state index in [4.69, 9.17) is 0 Å². The van der Waals surface area contributed by atoms with E-state index in [1.807, 2.05) is 43.5 Å². The molecule has 0 unspecified atom stereocenters. The van der Waals surface area contributed by atoms with Crippen LogP contribution in [0.15, 0.2) is 34.0 Å². The van der Waals surface area contributed by atoms with Crippen LogP contribution in [0, 0.1) is 19.8 Å². The maximum atomic E-state index is 12.7. The third kappa shape index (κ3) is 5.50. The molecular weight excluding hydrogens is 468 g/mol. The quantitative estimate of drug-likeness (QED) is 0.387. The lowest BCUT2D eigenvalue weighted by molar-refractivity contribution is -0.122. The molecule has 3 amide bonds. The summed E-state index contributed by atoms with van der Waals surface area (Å²) >= 11 is 3.79. The summed E-state index contributed by atoms with van der Waals surface area (Å²) in [6.07, 6.45) is 0.149. The van der Waals surface area contributed by atoms with Gasteiger partial charge in [-0.05, 0) is 31.5 Å². The summed E-state index contributed by atoms with van der Waals surface area (Å²) in [5.74, 6) is -0.839. The summed E-state index contributed by atoms with van der Waals surface area (Å²) in [5, 5.41) is 16.2. The van der Waals surface area contributed by atoms with Crippen LogP contribution in [0.1, 0.15) is 17.7 Å². The second-order valence-electron chi connectivity index (χ2n) is 7.24. The Morgan fingerprint density at radius 3 is 2.81 bits per heavy atom. The van der Waals surface area contributed by atoms with Crippen LogP contribution < -0.4 is 15.5 Å². The van der Waals surface area contributed by atoms with Gasteiger partial charge in [-0.15, -0.1) is 21.5 Å². The Morgan fingerprint density at radius 2 is 2.06 bits per heavy atom. The number of hydrogen-bond donors (Lipinski definition) is 2. The SMILES string of the molecule is Cc1cccc(N2C[C@H](C(=O)Nc3nnc(SCC(=O)Nc4nc(C)cs4)s3)CC2=O)c1. The number of anilines is 3. The number of aryl methyl sites for hydroxylation is 2. The third-order valence-electron chi connectivity index (χ3n) is 4.64. The van der Waals surface area contributed by atoms with Gasteiger partial charge in [-0.1, -0.05) is 35.2 Å². The van der Waals surface area contributed by atoms with Crippen molar-refractivity contribution in [3.63, 3.8) is 0 Å². The fraction of sp³-hybridized carbons (Fsp3) is 0.300. The minimum atomic E-state index is -0.462. The number of benzene rings is 1. The first-order valence-electron chi connectivity index (χ1n) is 9.73. The number of nitrogens with zero attached hydrogens (tertiary/aromatic N) is 4. The highest BCUT2D eigenvalue weighted by atomic mass is 32.2. The summed E-state index contributed by atoms with van der Waals surface area (Å²) in [7, 11) is 0. The predicted molar refractivity (Wildman–Crippen MR) is 126 cm³/mol. The van der Waals surface area contributed by atoms with Crippen molar-refractivity contribution in [1.29, 1.82) is 0 Å². The first-order chi connectivity index (χ1) is 15.4. The average Bonchev–Trinajstić information content (AvgIpc) is 3.47. The smallest absolute Gasteiger partial charge is 0.236 e. The molecule has 0 bridgehead atoms. The molecule has 4 rings (SSSR count). The van der Waals surface area contributed by atoms with Crippen molar-refractivity contribution in [2.24, 2.45) is 5.92 Å². The van der Waals surface area contributed by atoms with Crippen LogP contribution in [0.4, 0.5) is 16.0 Å². The maximum absolute atomic E-state index is 12.7. The van der Waals surface area contributed by atoms with Crippen LogP contribution in [-0.4, -0.2) is 45.2 Å². The van der Waals surface area contributed by atoms with E-state index in [9.17, 15) is 14.4 Å². The molecule has 1 saturated heterocycles. The first kappa shape index (κ1) is 22.4. The molecular formula is C20H20N6O3S3. The van der Waals surface area contributed by atoms with Crippen molar-refractivity contribution in [1.82, 2.24) is 15.2 Å². The topological polar surface area (TPSA) is 117 Å². The molecule has 2 aromatic heterocycles. The van der Waals surface area contributed by atoms with Gasteiger partial charge in [0, 0.05) is 24.0 Å². The maximum Gasteiger partial charge on any atom is 0.236 e. The molecule has 1 aromatic carbocycles. The number of thiazole rings is 1. The molecule has 1 atom stereocenters. The van der Waals surface area contributed by atoms with Crippen LogP contribution in [-0.2, 0) is 14.4 Å². The highest BCUT2D eigenvalue weighted by Crippen LogP contribution is 2.29. The van der Waals surface area contributed by atoms with Gasteiger partial charge in [-0.2, -0.15) is 0 Å². The number of carbonyl (C=O) groups is 3. The minimum Gasteiger partial charge on any atom is -0.312 e. The molecule has 2 N–H and O–H groups in total. The molecule has 0 aliphatic carbocycles. The van der Waals surface area contributed by atoms with Crippen LogP contribution in [0.25, 0.3) is 0 Å². The molecule has 32 heavy (non-hydrogen) atoms. The summed E-state index contributed by atoms with van der Waals surface area (Å²) in [6.45, 7) is 4.15. The number of hydrogen-bond acceptors (Lipinski definition) is 9. The van der Waals surface area contributed by atoms with E-state index in [-0.39, 0.29) is 29.9 Å². The molecule has 0 radical (unpaired) electrons. The lowest BCUT2D eigenvalue weighted by Crippen LogP contribution is -2.28. The highest BCUT2D eigenvalue weighted by molar-refractivity contribution is 8.01. The van der Waals surface area contributed by atoms with Gasteiger partial charge < -0.3 is 15.5 Å². The Bertz CT molecular complexity index is 1160. The van der Waals surface area contributed by atoms with Crippen molar-refractivity contribution < 1.29 is 14.4 Å². The van der Waals surface area contributed by atoms with E-state index in [1.165, 1.54) is 34.4 Å². The molecule has 0 spiro atoms. The van der Waals surface area contributed by atoms with Crippen molar-refractivity contribution in [3.05, 3.63) is 40.9 Å². The number of aromatic nitrogens is 3. The first-order valence-corrected chi connectivity index (χ1v) is 12.4. The van der Waals surface area contributed by atoms with Crippen LogP contribution >= 0.6 is 34.4 Å². The second-order valence-corrected chi connectivity index (χ2v) is 10.3. The molecule has 1 fully saturated rings. The monoisotopic (exact) mass is 488 g/mol. The predicted octanol–water partition coefficient (Wildman–Crippen LogP) is 3.33. The molecule has 9 nitrogen and oxygen atoms in total. The number of amides is 3. The molecule has 0 saturated carbocycles. The Balaban J connectivity index is 1.28. The fourth-order valence-corrected chi connectivity index (χ4v) is 5.41. The van der Waals surface area contributed by atoms with Crippen molar-refractivity contribution in [3.8, 4) is 0 Å². The van der Waals surface area contributed by atoms with Crippen molar-refractivity contribution in [2.45, 2.75) is 24.6 Å². The molecule has 1 aliphatic rings. The zero-order chi connectivity index (χ0) is 22.7. The molecule has 166 valence electrons. The zero-order valence-corrected chi connectivity index (χ0v) is 19.8.